The van der Waals surface area contributed by atoms with Crippen molar-refractivity contribution in [1.29, 1.82) is 0 Å². The summed E-state index contributed by atoms with van der Waals surface area (Å²) in [5.41, 5.74) is 1.30. The average molecular weight is 326 g/mol. The van der Waals surface area contributed by atoms with Gasteiger partial charge in [0.1, 0.15) is 5.75 Å². The molecule has 1 aromatic rings. The first kappa shape index (κ1) is 14.9. The maximum Gasteiger partial charge on any atom is 0.133 e. The molecule has 3 atom stereocenters. The highest BCUT2D eigenvalue weighted by atomic mass is 79.9. The largest absolute Gasteiger partial charge is 0.496 e. The fraction of sp³-hybridized carbons (Fsp3) is 0.625. The van der Waals surface area contributed by atoms with Crippen LogP contribution in [0.4, 0.5) is 0 Å². The summed E-state index contributed by atoms with van der Waals surface area (Å²) in [6.45, 7) is 5.74. The molecule has 0 amide bonds. The van der Waals surface area contributed by atoms with Gasteiger partial charge >= 0.3 is 0 Å². The molecular weight excluding hydrogens is 302 g/mol. The predicted octanol–water partition coefficient (Wildman–Crippen LogP) is 4.54. The van der Waals surface area contributed by atoms with E-state index in [2.05, 4.69) is 47.2 Å². The van der Waals surface area contributed by atoms with E-state index in [1.54, 1.807) is 7.11 Å². The lowest BCUT2D eigenvalue weighted by atomic mass is 9.97. The normalized spacial score (nSPS) is 24.4. The molecule has 0 bridgehead atoms. The van der Waals surface area contributed by atoms with Gasteiger partial charge in [-0.25, -0.2) is 0 Å². The number of hydrogen-bond acceptors (Lipinski definition) is 2. The van der Waals surface area contributed by atoms with Gasteiger partial charge in [-0.1, -0.05) is 25.8 Å². The van der Waals surface area contributed by atoms with Crippen LogP contribution in [0, 0.1) is 11.8 Å². The fourth-order valence-electron chi connectivity index (χ4n) is 2.92. The SMILES string of the molecule is COc1ccc(C(C)NCC2CCCC2C)cc1Br. The summed E-state index contributed by atoms with van der Waals surface area (Å²) in [4.78, 5) is 0. The lowest BCUT2D eigenvalue weighted by Crippen LogP contribution is -2.27. The van der Waals surface area contributed by atoms with Crippen LogP contribution in [0.1, 0.15) is 44.7 Å². The van der Waals surface area contributed by atoms with E-state index < -0.39 is 0 Å². The van der Waals surface area contributed by atoms with E-state index >= 15 is 0 Å². The second-order valence-electron chi connectivity index (χ2n) is 5.69. The van der Waals surface area contributed by atoms with Gasteiger partial charge in [0.25, 0.3) is 0 Å². The van der Waals surface area contributed by atoms with E-state index in [1.165, 1.54) is 24.8 Å². The number of methoxy groups -OCH3 is 1. The summed E-state index contributed by atoms with van der Waals surface area (Å²) in [5.74, 6) is 2.62. The van der Waals surface area contributed by atoms with Crippen LogP contribution in [0.5, 0.6) is 5.75 Å². The molecular formula is C16H24BrNO. The number of halogens is 1. The van der Waals surface area contributed by atoms with E-state index in [0.29, 0.717) is 6.04 Å². The molecule has 1 aromatic carbocycles. The average Bonchev–Trinajstić information content (AvgIpc) is 2.81. The monoisotopic (exact) mass is 325 g/mol. The molecule has 1 saturated carbocycles. The molecule has 2 rings (SSSR count). The van der Waals surface area contributed by atoms with Crippen molar-refractivity contribution in [2.75, 3.05) is 13.7 Å². The lowest BCUT2D eigenvalue weighted by Gasteiger charge is -2.21. The van der Waals surface area contributed by atoms with Gasteiger partial charge in [0.15, 0.2) is 0 Å². The molecule has 19 heavy (non-hydrogen) atoms. The molecule has 106 valence electrons. The molecule has 1 N–H and O–H groups in total. The van der Waals surface area contributed by atoms with Gasteiger partial charge in [0.05, 0.1) is 11.6 Å². The number of ether oxygens (including phenoxy) is 1. The molecule has 1 aliphatic carbocycles. The number of rotatable bonds is 5. The van der Waals surface area contributed by atoms with Crippen molar-refractivity contribution < 1.29 is 4.74 Å². The minimum Gasteiger partial charge on any atom is -0.496 e. The summed E-state index contributed by atoms with van der Waals surface area (Å²) < 4.78 is 6.29. The van der Waals surface area contributed by atoms with E-state index in [1.807, 2.05) is 6.07 Å². The first-order valence-electron chi connectivity index (χ1n) is 7.18. The maximum absolute atomic E-state index is 5.27. The molecule has 1 aliphatic rings. The summed E-state index contributed by atoms with van der Waals surface area (Å²) in [6.07, 6.45) is 4.18. The van der Waals surface area contributed by atoms with Gasteiger partial charge in [-0.05, 0) is 65.4 Å². The van der Waals surface area contributed by atoms with Crippen molar-refractivity contribution in [2.24, 2.45) is 11.8 Å². The predicted molar refractivity (Wildman–Crippen MR) is 83.6 cm³/mol. The number of nitrogens with one attached hydrogen (secondary N) is 1. The Kier molecular flexibility index (Phi) is 5.28. The molecule has 0 aliphatic heterocycles. The van der Waals surface area contributed by atoms with Crippen LogP contribution >= 0.6 is 15.9 Å². The zero-order chi connectivity index (χ0) is 13.8. The second kappa shape index (κ2) is 6.76. The molecule has 0 spiro atoms. The second-order valence-corrected chi connectivity index (χ2v) is 6.55. The van der Waals surface area contributed by atoms with E-state index in [4.69, 9.17) is 4.74 Å². The third kappa shape index (κ3) is 3.73. The third-order valence-corrected chi connectivity index (χ3v) is 5.02. The number of benzene rings is 1. The first-order valence-corrected chi connectivity index (χ1v) is 7.98. The van der Waals surface area contributed by atoms with Gasteiger partial charge in [-0.3, -0.25) is 0 Å². The standard InChI is InChI=1S/C16H24BrNO/c1-11-5-4-6-14(11)10-18-12(2)13-7-8-16(19-3)15(17)9-13/h7-9,11-12,14,18H,4-6,10H2,1-3H3. The Bertz CT molecular complexity index is 421. The van der Waals surface area contributed by atoms with Crippen molar-refractivity contribution >= 4 is 15.9 Å². The molecule has 0 heterocycles. The highest BCUT2D eigenvalue weighted by Gasteiger charge is 2.23. The van der Waals surface area contributed by atoms with E-state index in [9.17, 15) is 0 Å². The molecule has 3 heteroatoms. The summed E-state index contributed by atoms with van der Waals surface area (Å²) in [5, 5.41) is 3.67. The van der Waals surface area contributed by atoms with E-state index in [-0.39, 0.29) is 0 Å². The Morgan fingerprint density at radius 2 is 2.21 bits per heavy atom. The topological polar surface area (TPSA) is 21.3 Å². The van der Waals surface area contributed by atoms with Crippen LogP contribution < -0.4 is 10.1 Å². The van der Waals surface area contributed by atoms with Crippen LogP contribution in [0.3, 0.4) is 0 Å². The zero-order valence-electron chi connectivity index (χ0n) is 12.1. The van der Waals surface area contributed by atoms with Gasteiger partial charge < -0.3 is 10.1 Å². The molecule has 3 unspecified atom stereocenters. The van der Waals surface area contributed by atoms with Gasteiger partial charge in [0.2, 0.25) is 0 Å². The van der Waals surface area contributed by atoms with Gasteiger partial charge in [-0.2, -0.15) is 0 Å². The summed E-state index contributed by atoms with van der Waals surface area (Å²) in [6, 6.07) is 6.69. The molecule has 2 nitrogen and oxygen atoms in total. The van der Waals surface area contributed by atoms with Crippen LogP contribution in [-0.2, 0) is 0 Å². The summed E-state index contributed by atoms with van der Waals surface area (Å²) >= 11 is 3.55. The highest BCUT2D eigenvalue weighted by molar-refractivity contribution is 9.10. The van der Waals surface area contributed by atoms with Gasteiger partial charge in [0, 0.05) is 6.04 Å². The minimum absolute atomic E-state index is 0.384. The van der Waals surface area contributed by atoms with Crippen molar-refractivity contribution in [1.82, 2.24) is 5.32 Å². The Labute approximate surface area is 125 Å². The summed E-state index contributed by atoms with van der Waals surface area (Å²) in [7, 11) is 1.70. The van der Waals surface area contributed by atoms with Crippen molar-refractivity contribution in [3.63, 3.8) is 0 Å². The van der Waals surface area contributed by atoms with Crippen LogP contribution in [0.2, 0.25) is 0 Å². The minimum atomic E-state index is 0.384. The number of hydrogen-bond donors (Lipinski definition) is 1. The highest BCUT2D eigenvalue weighted by Crippen LogP contribution is 2.32. The molecule has 1 fully saturated rings. The van der Waals surface area contributed by atoms with Gasteiger partial charge in [-0.15, -0.1) is 0 Å². The van der Waals surface area contributed by atoms with Crippen molar-refractivity contribution in [3.05, 3.63) is 28.2 Å². The lowest BCUT2D eigenvalue weighted by molar-refractivity contribution is 0.374. The Morgan fingerprint density at radius 1 is 1.42 bits per heavy atom. The van der Waals surface area contributed by atoms with Crippen molar-refractivity contribution in [2.45, 2.75) is 39.2 Å². The Balaban J connectivity index is 1.92. The smallest absolute Gasteiger partial charge is 0.133 e. The quantitative estimate of drug-likeness (QED) is 0.857. The van der Waals surface area contributed by atoms with E-state index in [0.717, 1.165) is 28.6 Å². The maximum atomic E-state index is 5.27. The third-order valence-electron chi connectivity index (χ3n) is 4.40. The first-order chi connectivity index (χ1) is 9.11. The van der Waals surface area contributed by atoms with Crippen molar-refractivity contribution in [3.8, 4) is 5.75 Å². The molecule has 0 radical (unpaired) electrons. The van der Waals surface area contributed by atoms with Crippen LogP contribution in [0.25, 0.3) is 0 Å². The molecule has 0 aromatic heterocycles. The van der Waals surface area contributed by atoms with Crippen LogP contribution in [0.15, 0.2) is 22.7 Å². The fourth-order valence-corrected chi connectivity index (χ4v) is 3.48. The molecule has 0 saturated heterocycles. The zero-order valence-corrected chi connectivity index (χ0v) is 13.7. The Hall–Kier alpha value is -0.540. The Morgan fingerprint density at radius 3 is 2.79 bits per heavy atom. The van der Waals surface area contributed by atoms with Crippen LogP contribution in [-0.4, -0.2) is 13.7 Å².